The Morgan fingerprint density at radius 3 is 2.56 bits per heavy atom. The van der Waals surface area contributed by atoms with E-state index in [4.69, 9.17) is 0 Å². The molecule has 1 amide bonds. The van der Waals surface area contributed by atoms with E-state index in [1.165, 1.54) is 29.0 Å². The molecule has 2 rings (SSSR count). The van der Waals surface area contributed by atoms with Gasteiger partial charge in [0.25, 0.3) is 0 Å². The lowest BCUT2D eigenvalue weighted by molar-refractivity contribution is -0.116. The smallest absolute Gasteiger partial charge is 0.225 e. The topological polar surface area (TPSA) is 66.5 Å². The number of hydrogen-bond acceptors (Lipinski definition) is 3. The molecule has 1 aliphatic rings. The number of benzene rings is 1. The van der Waals surface area contributed by atoms with Crippen LogP contribution in [0.1, 0.15) is 63.9 Å². The first kappa shape index (κ1) is 21.6. The van der Waals surface area contributed by atoms with Gasteiger partial charge in [-0.3, -0.25) is 4.79 Å². The molecule has 0 unspecified atom stereocenters. The summed E-state index contributed by atoms with van der Waals surface area (Å²) in [6.07, 6.45) is 8.91. The van der Waals surface area contributed by atoms with Crippen LogP contribution in [-0.2, 0) is 14.8 Å². The van der Waals surface area contributed by atoms with Crippen molar-refractivity contribution in [1.82, 2.24) is 4.31 Å². The Morgan fingerprint density at radius 1 is 1.19 bits per heavy atom. The van der Waals surface area contributed by atoms with Gasteiger partial charge in [0.15, 0.2) is 0 Å². The van der Waals surface area contributed by atoms with Crippen LogP contribution < -0.4 is 5.32 Å². The fraction of sp³-hybridized carbons (Fsp3) is 0.571. The number of sulfonamides is 1. The summed E-state index contributed by atoms with van der Waals surface area (Å²) in [5.41, 5.74) is 3.22. The van der Waals surface area contributed by atoms with Crippen LogP contribution in [0.3, 0.4) is 0 Å². The first-order chi connectivity index (χ1) is 12.8. The number of rotatable bonds is 9. The number of anilines is 1. The third-order valence-corrected chi connectivity index (χ3v) is 6.28. The highest BCUT2D eigenvalue weighted by Gasteiger charge is 2.19. The second kappa shape index (κ2) is 10.0. The summed E-state index contributed by atoms with van der Waals surface area (Å²) in [6, 6.07) is 7.73. The van der Waals surface area contributed by atoms with Crippen molar-refractivity contribution in [2.24, 2.45) is 0 Å². The third kappa shape index (κ3) is 7.11. The fourth-order valence-corrected chi connectivity index (χ4v) is 4.24. The van der Waals surface area contributed by atoms with Gasteiger partial charge in [0.1, 0.15) is 0 Å². The highest BCUT2D eigenvalue weighted by atomic mass is 32.2. The van der Waals surface area contributed by atoms with Crippen LogP contribution in [-0.4, -0.2) is 38.0 Å². The van der Waals surface area contributed by atoms with E-state index in [9.17, 15) is 13.2 Å². The molecule has 0 spiro atoms. The van der Waals surface area contributed by atoms with Crippen LogP contribution >= 0.6 is 0 Å². The van der Waals surface area contributed by atoms with Crippen molar-refractivity contribution >= 4 is 21.6 Å². The summed E-state index contributed by atoms with van der Waals surface area (Å²) in [4.78, 5) is 12.4. The highest BCUT2D eigenvalue weighted by Crippen LogP contribution is 2.24. The molecule has 0 bridgehead atoms. The molecule has 1 aromatic rings. The van der Waals surface area contributed by atoms with E-state index >= 15 is 0 Å². The fourth-order valence-electron chi connectivity index (χ4n) is 3.40. The molecule has 6 heteroatoms. The van der Waals surface area contributed by atoms with Gasteiger partial charge < -0.3 is 5.32 Å². The lowest BCUT2D eigenvalue weighted by Gasteiger charge is -2.22. The van der Waals surface area contributed by atoms with E-state index < -0.39 is 10.0 Å². The van der Waals surface area contributed by atoms with Crippen molar-refractivity contribution in [3.05, 3.63) is 41.5 Å². The van der Waals surface area contributed by atoms with Crippen LogP contribution in [0.4, 0.5) is 5.69 Å². The molecule has 0 radical (unpaired) electrons. The summed E-state index contributed by atoms with van der Waals surface area (Å²) < 4.78 is 25.6. The SMILES string of the molecule is CC(C)c1ccccc1NC(=O)CCN(CCC1=CCCCC1)S(C)(=O)=O. The molecule has 0 saturated heterocycles. The van der Waals surface area contributed by atoms with E-state index in [1.807, 2.05) is 24.3 Å². The minimum atomic E-state index is -3.33. The van der Waals surface area contributed by atoms with Gasteiger partial charge in [-0.15, -0.1) is 0 Å². The number of amides is 1. The van der Waals surface area contributed by atoms with Gasteiger partial charge in [-0.25, -0.2) is 12.7 Å². The second-order valence-electron chi connectivity index (χ2n) is 7.56. The monoisotopic (exact) mass is 392 g/mol. The van der Waals surface area contributed by atoms with E-state index in [1.54, 1.807) is 0 Å². The van der Waals surface area contributed by atoms with Crippen molar-refractivity contribution in [2.75, 3.05) is 24.7 Å². The van der Waals surface area contributed by atoms with Gasteiger partial charge in [0, 0.05) is 25.2 Å². The Labute approximate surface area is 163 Å². The number of carbonyl (C=O) groups is 1. The predicted octanol–water partition coefficient (Wildman–Crippen LogP) is 4.29. The zero-order chi connectivity index (χ0) is 19.9. The van der Waals surface area contributed by atoms with Crippen LogP contribution in [0, 0.1) is 0 Å². The molecule has 5 nitrogen and oxygen atoms in total. The lowest BCUT2D eigenvalue weighted by atomic mass is 9.97. The highest BCUT2D eigenvalue weighted by molar-refractivity contribution is 7.88. The summed E-state index contributed by atoms with van der Waals surface area (Å²) in [6.45, 7) is 4.81. The van der Waals surface area contributed by atoms with Gasteiger partial charge in [-0.2, -0.15) is 0 Å². The van der Waals surface area contributed by atoms with Crippen molar-refractivity contribution in [3.8, 4) is 0 Å². The molecular formula is C21H32N2O3S. The molecule has 0 atom stereocenters. The molecule has 1 N–H and O–H groups in total. The average Bonchev–Trinajstić information content (AvgIpc) is 2.61. The standard InChI is InChI=1S/C21H32N2O3S/c1-17(2)19-11-7-8-12-20(19)22-21(24)14-16-23(27(3,25)26)15-13-18-9-5-4-6-10-18/h7-9,11-12,17H,4-6,10,13-16H2,1-3H3,(H,22,24). The van der Waals surface area contributed by atoms with Crippen molar-refractivity contribution in [2.45, 2.75) is 58.3 Å². The van der Waals surface area contributed by atoms with E-state index in [-0.39, 0.29) is 18.9 Å². The minimum absolute atomic E-state index is 0.151. The Hall–Kier alpha value is -1.66. The minimum Gasteiger partial charge on any atom is -0.326 e. The van der Waals surface area contributed by atoms with Gasteiger partial charge in [-0.1, -0.05) is 43.7 Å². The Balaban J connectivity index is 1.92. The zero-order valence-corrected chi connectivity index (χ0v) is 17.5. The third-order valence-electron chi connectivity index (χ3n) is 4.98. The van der Waals surface area contributed by atoms with Gasteiger partial charge in [0.05, 0.1) is 6.26 Å². The Bertz CT molecular complexity index is 769. The van der Waals surface area contributed by atoms with Crippen molar-refractivity contribution < 1.29 is 13.2 Å². The molecule has 0 heterocycles. The molecule has 1 aromatic carbocycles. The zero-order valence-electron chi connectivity index (χ0n) is 16.7. The second-order valence-corrected chi connectivity index (χ2v) is 9.54. The van der Waals surface area contributed by atoms with Gasteiger partial charge >= 0.3 is 0 Å². The van der Waals surface area contributed by atoms with Gasteiger partial charge in [0.2, 0.25) is 15.9 Å². The average molecular weight is 393 g/mol. The number of hydrogen-bond donors (Lipinski definition) is 1. The van der Waals surface area contributed by atoms with Gasteiger partial charge in [-0.05, 0) is 49.7 Å². The maximum Gasteiger partial charge on any atom is 0.225 e. The van der Waals surface area contributed by atoms with Crippen LogP contribution in [0.5, 0.6) is 0 Å². The normalized spacial score (nSPS) is 15.1. The first-order valence-electron chi connectivity index (χ1n) is 9.79. The van der Waals surface area contributed by atoms with Crippen LogP contribution in [0.15, 0.2) is 35.9 Å². The van der Waals surface area contributed by atoms with Crippen molar-refractivity contribution in [1.29, 1.82) is 0 Å². The van der Waals surface area contributed by atoms with E-state index in [2.05, 4.69) is 25.2 Å². The summed E-state index contributed by atoms with van der Waals surface area (Å²) in [5, 5.41) is 2.93. The molecule has 0 saturated carbocycles. The molecule has 27 heavy (non-hydrogen) atoms. The summed E-state index contributed by atoms with van der Waals surface area (Å²) in [5.74, 6) is 0.145. The maximum absolute atomic E-state index is 12.4. The van der Waals surface area contributed by atoms with E-state index in [0.717, 1.165) is 30.5 Å². The van der Waals surface area contributed by atoms with Crippen LogP contribution in [0.2, 0.25) is 0 Å². The molecular weight excluding hydrogens is 360 g/mol. The first-order valence-corrected chi connectivity index (χ1v) is 11.6. The molecule has 0 aromatic heterocycles. The Kier molecular flexibility index (Phi) is 8.05. The van der Waals surface area contributed by atoms with Crippen LogP contribution in [0.25, 0.3) is 0 Å². The van der Waals surface area contributed by atoms with Crippen molar-refractivity contribution in [3.63, 3.8) is 0 Å². The number of nitrogens with zero attached hydrogens (tertiary/aromatic N) is 1. The predicted molar refractivity (Wildman–Crippen MR) is 111 cm³/mol. The number of para-hydroxylation sites is 1. The van der Waals surface area contributed by atoms with E-state index in [0.29, 0.717) is 12.5 Å². The number of carbonyl (C=O) groups excluding carboxylic acids is 1. The molecule has 1 aliphatic carbocycles. The molecule has 0 fully saturated rings. The Morgan fingerprint density at radius 2 is 1.93 bits per heavy atom. The quantitative estimate of drug-likeness (QED) is 0.638. The summed E-state index contributed by atoms with van der Waals surface area (Å²) in [7, 11) is -3.33. The summed E-state index contributed by atoms with van der Waals surface area (Å²) >= 11 is 0. The lowest BCUT2D eigenvalue weighted by Crippen LogP contribution is -2.34. The molecule has 0 aliphatic heterocycles. The molecule has 150 valence electrons. The maximum atomic E-state index is 12.4. The largest absolute Gasteiger partial charge is 0.326 e. The number of nitrogens with one attached hydrogen (secondary N) is 1. The number of allylic oxidation sites excluding steroid dienone is 1.